The average Bonchev–Trinajstić information content (AvgIpc) is 2.16. The molecule has 4 nitrogen and oxygen atoms in total. The van der Waals surface area contributed by atoms with Crippen molar-refractivity contribution >= 4 is 5.97 Å². The van der Waals surface area contributed by atoms with Crippen LogP contribution in [0.15, 0.2) is 18.2 Å². The summed E-state index contributed by atoms with van der Waals surface area (Å²) in [6.45, 7) is 1.80. The van der Waals surface area contributed by atoms with Gasteiger partial charge in [0.05, 0.1) is 13.1 Å². The van der Waals surface area contributed by atoms with Crippen molar-refractivity contribution in [3.8, 4) is 5.75 Å². The van der Waals surface area contributed by atoms with Gasteiger partial charge in [0.25, 0.3) is 0 Å². The van der Waals surface area contributed by atoms with Crippen LogP contribution in [0.5, 0.6) is 5.75 Å². The van der Waals surface area contributed by atoms with E-state index in [0.717, 1.165) is 5.56 Å². The molecule has 0 fully saturated rings. The Morgan fingerprint density at radius 3 is 2.64 bits per heavy atom. The summed E-state index contributed by atoms with van der Waals surface area (Å²) in [4.78, 5) is 10.6. The number of hydrogen-bond donors (Lipinski definition) is 1. The summed E-state index contributed by atoms with van der Waals surface area (Å²) in [6, 6.07) is 4.31. The van der Waals surface area contributed by atoms with Crippen LogP contribution in [0.1, 0.15) is 28.9 Å². The average molecular weight is 194 g/mol. The molecule has 1 unspecified atom stereocenters. The van der Waals surface area contributed by atoms with Gasteiger partial charge >= 0.3 is 0 Å². The second kappa shape index (κ2) is 4.11. The molecule has 0 bridgehead atoms. The maximum atomic E-state index is 10.6. The van der Waals surface area contributed by atoms with E-state index in [1.807, 2.05) is 0 Å². The first-order valence-electron chi connectivity index (χ1n) is 4.21. The molecule has 1 aromatic carbocycles. The molecule has 0 heterocycles. The van der Waals surface area contributed by atoms with Gasteiger partial charge in [0.1, 0.15) is 5.75 Å². The molecule has 0 aromatic heterocycles. The third-order valence-corrected chi connectivity index (χ3v) is 1.96. The van der Waals surface area contributed by atoms with Gasteiger partial charge in [0.15, 0.2) is 0 Å². The fourth-order valence-corrected chi connectivity index (χ4v) is 1.21. The van der Waals surface area contributed by atoms with Gasteiger partial charge in [0.2, 0.25) is 0 Å². The number of ether oxygens (including phenoxy) is 1. The number of methoxy groups -OCH3 is 1. The van der Waals surface area contributed by atoms with E-state index in [0.29, 0.717) is 5.75 Å². The molecule has 0 radical (unpaired) electrons. The number of hydrogen-bond acceptors (Lipinski definition) is 4. The number of aromatic carboxylic acids is 1. The van der Waals surface area contributed by atoms with Gasteiger partial charge in [-0.25, -0.2) is 0 Å². The van der Waals surface area contributed by atoms with Crippen molar-refractivity contribution in [2.24, 2.45) is 5.73 Å². The molecule has 0 aliphatic rings. The van der Waals surface area contributed by atoms with Crippen LogP contribution >= 0.6 is 0 Å². The number of carbonyl (C=O) groups excluding carboxylic acids is 1. The summed E-state index contributed by atoms with van der Waals surface area (Å²) in [6.07, 6.45) is 0. The summed E-state index contributed by atoms with van der Waals surface area (Å²) in [5, 5.41) is 10.6. The number of rotatable bonds is 3. The van der Waals surface area contributed by atoms with Crippen LogP contribution in [0, 0.1) is 0 Å². The van der Waals surface area contributed by atoms with Crippen LogP contribution in [0.25, 0.3) is 0 Å². The molecule has 1 atom stereocenters. The highest BCUT2D eigenvalue weighted by Gasteiger charge is 2.08. The quantitative estimate of drug-likeness (QED) is 0.739. The molecule has 4 heteroatoms. The minimum atomic E-state index is -1.22. The van der Waals surface area contributed by atoms with Crippen molar-refractivity contribution in [2.75, 3.05) is 7.11 Å². The number of carbonyl (C=O) groups is 1. The summed E-state index contributed by atoms with van der Waals surface area (Å²) < 4.78 is 5.03. The van der Waals surface area contributed by atoms with Gasteiger partial charge < -0.3 is 20.4 Å². The summed E-state index contributed by atoms with van der Waals surface area (Å²) in [5.41, 5.74) is 6.54. The van der Waals surface area contributed by atoms with Crippen LogP contribution < -0.4 is 15.6 Å². The van der Waals surface area contributed by atoms with E-state index in [2.05, 4.69) is 0 Å². The normalized spacial score (nSPS) is 12.2. The summed E-state index contributed by atoms with van der Waals surface area (Å²) in [5.74, 6) is -0.749. The lowest BCUT2D eigenvalue weighted by Gasteiger charge is -2.13. The Bertz CT molecular complexity index is 347. The zero-order valence-electron chi connectivity index (χ0n) is 8.11. The lowest BCUT2D eigenvalue weighted by Crippen LogP contribution is -2.22. The Kier molecular flexibility index (Phi) is 3.09. The lowest BCUT2D eigenvalue weighted by atomic mass is 10.1. The van der Waals surface area contributed by atoms with Crippen molar-refractivity contribution in [1.82, 2.24) is 0 Å². The van der Waals surface area contributed by atoms with E-state index in [1.165, 1.54) is 19.2 Å². The predicted octanol–water partition coefficient (Wildman–Crippen LogP) is 0.0784. The maximum Gasteiger partial charge on any atom is 0.124 e. The monoisotopic (exact) mass is 194 g/mol. The molecule has 1 rings (SSSR count). The maximum absolute atomic E-state index is 10.6. The Morgan fingerprint density at radius 2 is 2.21 bits per heavy atom. The van der Waals surface area contributed by atoms with E-state index in [9.17, 15) is 9.90 Å². The third kappa shape index (κ3) is 2.03. The molecule has 0 aliphatic carbocycles. The molecule has 0 amide bonds. The molecular weight excluding hydrogens is 182 g/mol. The predicted molar refractivity (Wildman–Crippen MR) is 49.9 cm³/mol. The minimum Gasteiger partial charge on any atom is -0.545 e. The second-order valence-corrected chi connectivity index (χ2v) is 3.03. The van der Waals surface area contributed by atoms with Gasteiger partial charge in [-0.1, -0.05) is 12.1 Å². The standard InChI is InChI=1S/C10H13NO3/c1-6(11)8-4-3-7(10(12)13)5-9(8)14-2/h3-6H,11H2,1-2H3,(H,12,13)/p-1. The third-order valence-electron chi connectivity index (χ3n) is 1.96. The largest absolute Gasteiger partial charge is 0.545 e. The van der Waals surface area contributed by atoms with Crippen LogP contribution in [0.3, 0.4) is 0 Å². The molecule has 14 heavy (non-hydrogen) atoms. The molecule has 0 spiro atoms. The zero-order valence-corrected chi connectivity index (χ0v) is 8.11. The van der Waals surface area contributed by atoms with Crippen LogP contribution in [0.2, 0.25) is 0 Å². The second-order valence-electron chi connectivity index (χ2n) is 3.03. The fraction of sp³-hybridized carbons (Fsp3) is 0.300. The van der Waals surface area contributed by atoms with Gasteiger partial charge in [-0.3, -0.25) is 0 Å². The highest BCUT2D eigenvalue weighted by molar-refractivity contribution is 5.86. The SMILES string of the molecule is COc1cc(C(=O)[O-])ccc1C(C)N. The van der Waals surface area contributed by atoms with Gasteiger partial charge in [-0.2, -0.15) is 0 Å². The first-order valence-corrected chi connectivity index (χ1v) is 4.21. The van der Waals surface area contributed by atoms with Gasteiger partial charge in [-0.05, 0) is 13.0 Å². The van der Waals surface area contributed by atoms with E-state index in [1.54, 1.807) is 13.0 Å². The molecule has 0 saturated heterocycles. The van der Waals surface area contributed by atoms with Crippen LogP contribution in [0.4, 0.5) is 0 Å². The Morgan fingerprint density at radius 1 is 1.57 bits per heavy atom. The number of nitrogens with two attached hydrogens (primary N) is 1. The molecule has 0 saturated carbocycles. The van der Waals surface area contributed by atoms with Crippen molar-refractivity contribution in [1.29, 1.82) is 0 Å². The van der Waals surface area contributed by atoms with Gasteiger partial charge in [-0.15, -0.1) is 0 Å². The molecular formula is C10H12NO3-. The Labute approximate surface area is 82.3 Å². The van der Waals surface area contributed by atoms with Crippen molar-refractivity contribution in [3.05, 3.63) is 29.3 Å². The number of benzene rings is 1. The molecule has 1 aromatic rings. The smallest absolute Gasteiger partial charge is 0.124 e. The van der Waals surface area contributed by atoms with Gasteiger partial charge in [0, 0.05) is 17.2 Å². The first-order chi connectivity index (χ1) is 6.56. The highest BCUT2D eigenvalue weighted by atomic mass is 16.5. The molecule has 0 aliphatic heterocycles. The van der Waals surface area contributed by atoms with E-state index in [4.69, 9.17) is 10.5 Å². The van der Waals surface area contributed by atoms with Crippen molar-refractivity contribution < 1.29 is 14.6 Å². The molecule has 2 N–H and O–H groups in total. The lowest BCUT2D eigenvalue weighted by molar-refractivity contribution is -0.255. The number of carboxylic acids is 1. The van der Waals surface area contributed by atoms with E-state index >= 15 is 0 Å². The number of carboxylic acid groups (broad SMARTS) is 1. The molecule has 76 valence electrons. The van der Waals surface area contributed by atoms with E-state index < -0.39 is 5.97 Å². The minimum absolute atomic E-state index is 0.0891. The van der Waals surface area contributed by atoms with Crippen LogP contribution in [-0.2, 0) is 0 Å². The summed E-state index contributed by atoms with van der Waals surface area (Å²) >= 11 is 0. The highest BCUT2D eigenvalue weighted by Crippen LogP contribution is 2.24. The topological polar surface area (TPSA) is 75.4 Å². The van der Waals surface area contributed by atoms with Crippen LogP contribution in [-0.4, -0.2) is 13.1 Å². The Hall–Kier alpha value is -1.55. The zero-order chi connectivity index (χ0) is 10.7. The van der Waals surface area contributed by atoms with Crippen molar-refractivity contribution in [2.45, 2.75) is 13.0 Å². The first kappa shape index (κ1) is 10.5. The van der Waals surface area contributed by atoms with Crippen molar-refractivity contribution in [3.63, 3.8) is 0 Å². The van der Waals surface area contributed by atoms with E-state index in [-0.39, 0.29) is 11.6 Å². The fourth-order valence-electron chi connectivity index (χ4n) is 1.21. The summed E-state index contributed by atoms with van der Waals surface area (Å²) in [7, 11) is 1.47. The Balaban J connectivity index is 3.18.